The number of ketones is 1. The first-order valence-corrected chi connectivity index (χ1v) is 8.03. The third-order valence-corrected chi connectivity index (χ3v) is 4.05. The number of methoxy groups -OCH3 is 2. The largest absolute Gasteiger partial charge is 0.493 e. The van der Waals surface area contributed by atoms with Crippen molar-refractivity contribution in [3.05, 3.63) is 64.3 Å². The zero-order valence-electron chi connectivity index (χ0n) is 13.2. The van der Waals surface area contributed by atoms with Crippen molar-refractivity contribution in [2.45, 2.75) is 0 Å². The average molecular weight is 387 g/mol. The topological polar surface area (TPSA) is 48.7 Å². The van der Waals surface area contributed by atoms with E-state index in [9.17, 15) is 4.79 Å². The highest BCUT2D eigenvalue weighted by Gasteiger charge is 2.10. The lowest BCUT2D eigenvalue weighted by molar-refractivity contribution is 0.102. The van der Waals surface area contributed by atoms with E-state index in [0.29, 0.717) is 22.8 Å². The van der Waals surface area contributed by atoms with Gasteiger partial charge >= 0.3 is 0 Å². The van der Waals surface area contributed by atoms with Gasteiger partial charge in [0.05, 0.1) is 14.2 Å². The average Bonchev–Trinajstić information content (AvgIpc) is 3.02. The molecule has 3 aromatic rings. The summed E-state index contributed by atoms with van der Waals surface area (Å²) in [5.41, 5.74) is 1.51. The minimum atomic E-state index is -0.197. The SMILES string of the molecule is COc1ccc(/C=C/C(=O)c2cc3cc(Br)ccc3o2)cc1OC. The van der Waals surface area contributed by atoms with Crippen LogP contribution >= 0.6 is 15.9 Å². The predicted molar refractivity (Wildman–Crippen MR) is 96.8 cm³/mol. The Morgan fingerprint density at radius 2 is 1.83 bits per heavy atom. The van der Waals surface area contributed by atoms with Gasteiger partial charge in [-0.3, -0.25) is 4.79 Å². The number of ether oxygens (including phenoxy) is 2. The highest BCUT2D eigenvalue weighted by Crippen LogP contribution is 2.28. The fraction of sp³-hybridized carbons (Fsp3) is 0.105. The number of furan rings is 1. The van der Waals surface area contributed by atoms with Crippen LogP contribution in [0.2, 0.25) is 0 Å². The molecule has 0 fully saturated rings. The summed E-state index contributed by atoms with van der Waals surface area (Å²) in [5.74, 6) is 1.36. The Balaban J connectivity index is 1.83. The second kappa shape index (κ2) is 6.93. The molecule has 122 valence electrons. The molecule has 1 heterocycles. The summed E-state index contributed by atoms with van der Waals surface area (Å²) in [5, 5.41) is 0.882. The number of allylic oxidation sites excluding steroid dienone is 1. The number of benzene rings is 2. The normalized spacial score (nSPS) is 11.1. The lowest BCUT2D eigenvalue weighted by atomic mass is 10.1. The van der Waals surface area contributed by atoms with Gasteiger partial charge in [0.15, 0.2) is 17.3 Å². The summed E-state index contributed by atoms with van der Waals surface area (Å²) in [7, 11) is 3.15. The predicted octanol–water partition coefficient (Wildman–Crippen LogP) is 5.11. The highest BCUT2D eigenvalue weighted by atomic mass is 79.9. The summed E-state index contributed by atoms with van der Waals surface area (Å²) >= 11 is 3.40. The molecule has 0 aliphatic rings. The summed E-state index contributed by atoms with van der Waals surface area (Å²) in [6.07, 6.45) is 3.20. The van der Waals surface area contributed by atoms with E-state index in [-0.39, 0.29) is 5.78 Å². The maximum Gasteiger partial charge on any atom is 0.221 e. The summed E-state index contributed by atoms with van der Waals surface area (Å²) in [6, 6.07) is 12.8. The van der Waals surface area contributed by atoms with Crippen molar-refractivity contribution in [1.82, 2.24) is 0 Å². The lowest BCUT2D eigenvalue weighted by Crippen LogP contribution is -1.92. The maximum absolute atomic E-state index is 12.3. The van der Waals surface area contributed by atoms with Gasteiger partial charge < -0.3 is 13.9 Å². The van der Waals surface area contributed by atoms with Crippen molar-refractivity contribution in [2.75, 3.05) is 14.2 Å². The molecule has 1 aromatic heterocycles. The Kier molecular flexibility index (Phi) is 4.71. The Morgan fingerprint density at radius 1 is 1.04 bits per heavy atom. The van der Waals surface area contributed by atoms with Crippen molar-refractivity contribution >= 4 is 38.8 Å². The van der Waals surface area contributed by atoms with E-state index in [1.165, 1.54) is 6.08 Å². The van der Waals surface area contributed by atoms with Crippen molar-refractivity contribution in [1.29, 1.82) is 0 Å². The molecular weight excluding hydrogens is 372 g/mol. The fourth-order valence-corrected chi connectivity index (χ4v) is 2.72. The lowest BCUT2D eigenvalue weighted by Gasteiger charge is -2.07. The van der Waals surface area contributed by atoms with E-state index in [1.54, 1.807) is 38.5 Å². The molecule has 0 amide bonds. The van der Waals surface area contributed by atoms with Crippen LogP contribution in [0, 0.1) is 0 Å². The van der Waals surface area contributed by atoms with Crippen LogP contribution in [-0.4, -0.2) is 20.0 Å². The van der Waals surface area contributed by atoms with Gasteiger partial charge in [0.2, 0.25) is 5.78 Å². The van der Waals surface area contributed by atoms with E-state index in [0.717, 1.165) is 15.4 Å². The van der Waals surface area contributed by atoms with Gasteiger partial charge in [0.1, 0.15) is 5.58 Å². The third-order valence-electron chi connectivity index (χ3n) is 3.56. The summed E-state index contributed by atoms with van der Waals surface area (Å²) < 4.78 is 17.0. The van der Waals surface area contributed by atoms with Crippen LogP contribution in [-0.2, 0) is 0 Å². The standard InChI is InChI=1S/C19H15BrO4/c1-22-17-7-4-12(9-19(17)23-2)3-6-15(21)18-11-13-10-14(20)5-8-16(13)24-18/h3-11H,1-2H3/b6-3+. The molecule has 3 rings (SSSR count). The molecule has 0 aliphatic heterocycles. The number of rotatable bonds is 5. The van der Waals surface area contributed by atoms with Gasteiger partial charge in [-0.15, -0.1) is 0 Å². The van der Waals surface area contributed by atoms with E-state index in [4.69, 9.17) is 13.9 Å². The van der Waals surface area contributed by atoms with Crippen molar-refractivity contribution in [3.63, 3.8) is 0 Å². The third kappa shape index (κ3) is 3.36. The molecule has 0 saturated carbocycles. The van der Waals surface area contributed by atoms with Crippen LogP contribution < -0.4 is 9.47 Å². The highest BCUT2D eigenvalue weighted by molar-refractivity contribution is 9.10. The van der Waals surface area contributed by atoms with Crippen LogP contribution in [0.15, 0.2) is 57.4 Å². The van der Waals surface area contributed by atoms with E-state index >= 15 is 0 Å². The molecule has 0 aliphatic carbocycles. The van der Waals surface area contributed by atoms with E-state index in [1.807, 2.05) is 24.3 Å². The van der Waals surface area contributed by atoms with Crippen LogP contribution in [0.1, 0.15) is 16.1 Å². The van der Waals surface area contributed by atoms with Crippen LogP contribution in [0.3, 0.4) is 0 Å². The Morgan fingerprint density at radius 3 is 2.58 bits per heavy atom. The van der Waals surface area contributed by atoms with Gasteiger partial charge in [-0.05, 0) is 48.0 Å². The van der Waals surface area contributed by atoms with Crippen LogP contribution in [0.4, 0.5) is 0 Å². The molecule has 0 N–H and O–H groups in total. The van der Waals surface area contributed by atoms with E-state index in [2.05, 4.69) is 15.9 Å². The monoisotopic (exact) mass is 386 g/mol. The van der Waals surface area contributed by atoms with Crippen LogP contribution in [0.25, 0.3) is 17.0 Å². The second-order valence-electron chi connectivity index (χ2n) is 5.10. The fourth-order valence-electron chi connectivity index (χ4n) is 2.35. The minimum Gasteiger partial charge on any atom is -0.493 e. The molecule has 0 bridgehead atoms. The molecule has 4 nitrogen and oxygen atoms in total. The molecule has 5 heteroatoms. The molecule has 24 heavy (non-hydrogen) atoms. The number of halogens is 1. The van der Waals surface area contributed by atoms with Gasteiger partial charge in [-0.1, -0.05) is 28.1 Å². The second-order valence-corrected chi connectivity index (χ2v) is 6.02. The number of hydrogen-bond donors (Lipinski definition) is 0. The van der Waals surface area contributed by atoms with Gasteiger partial charge in [-0.2, -0.15) is 0 Å². The summed E-state index contributed by atoms with van der Waals surface area (Å²) in [6.45, 7) is 0. The van der Waals surface area contributed by atoms with Crippen molar-refractivity contribution in [3.8, 4) is 11.5 Å². The van der Waals surface area contributed by atoms with Crippen LogP contribution in [0.5, 0.6) is 11.5 Å². The Labute approximate surface area is 147 Å². The minimum absolute atomic E-state index is 0.197. The molecule has 0 spiro atoms. The number of fused-ring (bicyclic) bond motifs is 1. The molecule has 0 saturated heterocycles. The van der Waals surface area contributed by atoms with Gasteiger partial charge in [-0.25, -0.2) is 0 Å². The number of carbonyl (C=O) groups excluding carboxylic acids is 1. The molecular formula is C19H15BrO4. The summed E-state index contributed by atoms with van der Waals surface area (Å²) in [4.78, 5) is 12.3. The zero-order chi connectivity index (χ0) is 17.1. The first kappa shape index (κ1) is 16.3. The molecule has 0 unspecified atom stereocenters. The number of hydrogen-bond acceptors (Lipinski definition) is 4. The Hall–Kier alpha value is -2.53. The first-order chi connectivity index (χ1) is 11.6. The first-order valence-electron chi connectivity index (χ1n) is 7.24. The molecule has 0 radical (unpaired) electrons. The van der Waals surface area contributed by atoms with Crippen molar-refractivity contribution in [2.24, 2.45) is 0 Å². The maximum atomic E-state index is 12.3. The molecule has 0 atom stereocenters. The van der Waals surface area contributed by atoms with Gasteiger partial charge in [0.25, 0.3) is 0 Å². The Bertz CT molecular complexity index is 924. The van der Waals surface area contributed by atoms with E-state index < -0.39 is 0 Å². The van der Waals surface area contributed by atoms with Crippen molar-refractivity contribution < 1.29 is 18.7 Å². The smallest absolute Gasteiger partial charge is 0.221 e. The number of carbonyl (C=O) groups is 1. The van der Waals surface area contributed by atoms with Gasteiger partial charge in [0, 0.05) is 9.86 Å². The molecule has 2 aromatic carbocycles. The quantitative estimate of drug-likeness (QED) is 0.451. The zero-order valence-corrected chi connectivity index (χ0v) is 14.8.